The van der Waals surface area contributed by atoms with Crippen LogP contribution in [0.15, 0.2) is 12.1 Å². The van der Waals surface area contributed by atoms with Crippen molar-refractivity contribution in [2.75, 3.05) is 11.5 Å². The van der Waals surface area contributed by atoms with E-state index < -0.39 is 5.97 Å². The summed E-state index contributed by atoms with van der Waals surface area (Å²) in [5, 5.41) is 8.85. The van der Waals surface area contributed by atoms with Crippen LogP contribution in [0.25, 0.3) is 0 Å². The van der Waals surface area contributed by atoms with Crippen molar-refractivity contribution in [2.24, 2.45) is 0 Å². The van der Waals surface area contributed by atoms with Gasteiger partial charge in [-0.2, -0.15) is 0 Å². The molecule has 4 nitrogen and oxygen atoms in total. The Morgan fingerprint density at radius 3 is 2.54 bits per heavy atom. The van der Waals surface area contributed by atoms with Crippen LogP contribution in [-0.2, 0) is 11.2 Å². The van der Waals surface area contributed by atoms with Crippen LogP contribution >= 0.6 is 11.6 Å². The topological polar surface area (TPSA) is 89.3 Å². The first kappa shape index (κ1) is 9.67. The number of anilines is 2. The van der Waals surface area contributed by atoms with Crippen molar-refractivity contribution in [1.82, 2.24) is 0 Å². The first-order valence-electron chi connectivity index (χ1n) is 3.56. The molecule has 0 saturated carbocycles. The van der Waals surface area contributed by atoms with Crippen molar-refractivity contribution < 1.29 is 9.90 Å². The minimum Gasteiger partial charge on any atom is -0.481 e. The van der Waals surface area contributed by atoms with Crippen LogP contribution < -0.4 is 11.5 Å². The van der Waals surface area contributed by atoms with E-state index in [0.29, 0.717) is 22.0 Å². The fraction of sp³-hybridized carbons (Fsp3) is 0.125. The van der Waals surface area contributed by atoms with Gasteiger partial charge in [-0.15, -0.1) is 0 Å². The van der Waals surface area contributed by atoms with E-state index in [-0.39, 0.29) is 6.42 Å². The Labute approximate surface area is 80.1 Å². The number of benzene rings is 1. The van der Waals surface area contributed by atoms with Crippen LogP contribution in [0.5, 0.6) is 0 Å². The van der Waals surface area contributed by atoms with Gasteiger partial charge in [0.2, 0.25) is 0 Å². The Morgan fingerprint density at radius 1 is 1.38 bits per heavy atom. The van der Waals surface area contributed by atoms with Gasteiger partial charge in [0.25, 0.3) is 0 Å². The molecule has 70 valence electrons. The van der Waals surface area contributed by atoms with E-state index in [1.807, 2.05) is 0 Å². The van der Waals surface area contributed by atoms with Gasteiger partial charge in [-0.05, 0) is 17.7 Å². The summed E-state index contributed by atoms with van der Waals surface area (Å²) in [6, 6.07) is 2.93. The van der Waals surface area contributed by atoms with E-state index in [4.69, 9.17) is 28.2 Å². The number of halogens is 1. The second-order valence-corrected chi connectivity index (χ2v) is 3.05. The second kappa shape index (κ2) is 3.53. The van der Waals surface area contributed by atoms with Gasteiger partial charge in [0.15, 0.2) is 0 Å². The molecule has 0 fully saturated rings. The molecule has 1 aromatic carbocycles. The molecular weight excluding hydrogens is 192 g/mol. The highest BCUT2D eigenvalue weighted by Crippen LogP contribution is 2.25. The molecule has 0 unspecified atom stereocenters. The summed E-state index contributed by atoms with van der Waals surface area (Å²) in [5.74, 6) is -0.951. The Morgan fingerprint density at radius 2 is 2.00 bits per heavy atom. The van der Waals surface area contributed by atoms with Gasteiger partial charge in [0.1, 0.15) is 0 Å². The number of hydrogen-bond acceptors (Lipinski definition) is 3. The molecule has 1 aromatic rings. The molecule has 0 radical (unpaired) electrons. The molecule has 5 N–H and O–H groups in total. The Balaban J connectivity index is 3.08. The number of aliphatic carboxylic acids is 1. The van der Waals surface area contributed by atoms with E-state index >= 15 is 0 Å². The highest BCUT2D eigenvalue weighted by atomic mass is 35.5. The van der Waals surface area contributed by atoms with E-state index in [0.717, 1.165) is 0 Å². The van der Waals surface area contributed by atoms with Gasteiger partial charge in [-0.3, -0.25) is 4.79 Å². The number of carboxylic acids is 1. The van der Waals surface area contributed by atoms with Crippen molar-refractivity contribution in [2.45, 2.75) is 6.42 Å². The number of nitrogens with two attached hydrogens (primary N) is 2. The Hall–Kier alpha value is -1.42. The molecule has 1 rings (SSSR count). The maximum absolute atomic E-state index is 10.4. The zero-order chi connectivity index (χ0) is 10.0. The number of rotatable bonds is 2. The summed E-state index contributed by atoms with van der Waals surface area (Å²) in [6.45, 7) is 0. The predicted molar refractivity (Wildman–Crippen MR) is 51.6 cm³/mol. The van der Waals surface area contributed by atoms with Crippen molar-refractivity contribution >= 4 is 28.9 Å². The third-order valence-corrected chi connectivity index (χ3v) is 1.93. The molecule has 13 heavy (non-hydrogen) atoms. The van der Waals surface area contributed by atoms with Crippen molar-refractivity contribution in [3.05, 3.63) is 22.7 Å². The number of carboxylic acid groups (broad SMARTS) is 1. The zero-order valence-corrected chi connectivity index (χ0v) is 7.51. The summed E-state index contributed by atoms with van der Waals surface area (Å²) in [4.78, 5) is 10.4. The first-order chi connectivity index (χ1) is 6.00. The lowest BCUT2D eigenvalue weighted by Crippen LogP contribution is -2.04. The molecule has 0 saturated heterocycles. The number of nitrogen functional groups attached to an aromatic ring is 2. The lowest BCUT2D eigenvalue weighted by atomic mass is 10.1. The van der Waals surface area contributed by atoms with Crippen molar-refractivity contribution in [3.63, 3.8) is 0 Å². The molecular formula is C8H9ClN2O2. The quantitative estimate of drug-likeness (QED) is 0.625. The van der Waals surface area contributed by atoms with Gasteiger partial charge < -0.3 is 16.6 Å². The maximum Gasteiger partial charge on any atom is 0.307 e. The van der Waals surface area contributed by atoms with Crippen LogP contribution in [0.4, 0.5) is 11.4 Å². The third kappa shape index (κ3) is 2.26. The van der Waals surface area contributed by atoms with E-state index in [2.05, 4.69) is 0 Å². The standard InChI is InChI=1S/C8H9ClN2O2/c9-5-1-4(2-8(12)13)6(10)3-7(5)11/h1,3H,2,10-11H2,(H,12,13). The molecule has 0 atom stereocenters. The molecule has 0 bridgehead atoms. The van der Waals surface area contributed by atoms with Gasteiger partial charge in [0, 0.05) is 5.69 Å². The van der Waals surface area contributed by atoms with Crippen LogP contribution in [0.1, 0.15) is 5.56 Å². The molecule has 0 heterocycles. The smallest absolute Gasteiger partial charge is 0.307 e. The summed E-state index contributed by atoms with van der Waals surface area (Å²) in [6.07, 6.45) is -0.147. The van der Waals surface area contributed by atoms with Crippen LogP contribution in [0.3, 0.4) is 0 Å². The average Bonchev–Trinajstić information content (AvgIpc) is 1.99. The fourth-order valence-corrected chi connectivity index (χ4v) is 1.15. The normalized spacial score (nSPS) is 9.92. The summed E-state index contributed by atoms with van der Waals surface area (Å²) < 4.78 is 0. The monoisotopic (exact) mass is 200 g/mol. The highest BCUT2D eigenvalue weighted by Gasteiger charge is 2.07. The summed E-state index contributed by atoms with van der Waals surface area (Å²) >= 11 is 5.70. The van der Waals surface area contributed by atoms with Crippen LogP contribution in [0, 0.1) is 0 Å². The highest BCUT2D eigenvalue weighted by molar-refractivity contribution is 6.33. The van der Waals surface area contributed by atoms with Crippen molar-refractivity contribution in [1.29, 1.82) is 0 Å². The largest absolute Gasteiger partial charge is 0.481 e. The van der Waals surface area contributed by atoms with Crippen LogP contribution in [0.2, 0.25) is 5.02 Å². The molecule has 0 aromatic heterocycles. The van der Waals surface area contributed by atoms with Crippen molar-refractivity contribution in [3.8, 4) is 0 Å². The second-order valence-electron chi connectivity index (χ2n) is 2.64. The third-order valence-electron chi connectivity index (χ3n) is 1.60. The number of carbonyl (C=O) groups is 1. The predicted octanol–water partition coefficient (Wildman–Crippen LogP) is 1.13. The van der Waals surface area contributed by atoms with Gasteiger partial charge in [-0.25, -0.2) is 0 Å². The fourth-order valence-electron chi connectivity index (χ4n) is 0.965. The summed E-state index contributed by atoms with van der Waals surface area (Å²) in [7, 11) is 0. The minimum absolute atomic E-state index is 0.147. The van der Waals surface area contributed by atoms with Gasteiger partial charge in [0.05, 0.1) is 17.1 Å². The molecule has 0 aliphatic rings. The first-order valence-corrected chi connectivity index (χ1v) is 3.93. The summed E-state index contributed by atoms with van der Waals surface area (Å²) in [5.41, 5.74) is 12.2. The van der Waals surface area contributed by atoms with Gasteiger partial charge >= 0.3 is 5.97 Å². The van der Waals surface area contributed by atoms with E-state index in [9.17, 15) is 4.79 Å². The minimum atomic E-state index is -0.951. The van der Waals surface area contributed by atoms with E-state index in [1.54, 1.807) is 0 Å². The molecule has 5 heteroatoms. The number of hydrogen-bond donors (Lipinski definition) is 3. The van der Waals surface area contributed by atoms with Crippen LogP contribution in [-0.4, -0.2) is 11.1 Å². The lowest BCUT2D eigenvalue weighted by Gasteiger charge is -2.05. The molecule has 0 aliphatic heterocycles. The molecule has 0 spiro atoms. The Bertz CT molecular complexity index is 352. The molecule has 0 amide bonds. The lowest BCUT2D eigenvalue weighted by molar-refractivity contribution is -0.136. The Kier molecular flexibility index (Phi) is 2.63. The maximum atomic E-state index is 10.4. The zero-order valence-electron chi connectivity index (χ0n) is 6.75. The molecule has 0 aliphatic carbocycles. The average molecular weight is 201 g/mol. The van der Waals surface area contributed by atoms with E-state index in [1.165, 1.54) is 12.1 Å². The van der Waals surface area contributed by atoms with Gasteiger partial charge in [-0.1, -0.05) is 11.6 Å². The SMILES string of the molecule is Nc1cc(N)c(CC(=O)O)cc1Cl.